The van der Waals surface area contributed by atoms with Gasteiger partial charge in [-0.3, -0.25) is 4.79 Å². The van der Waals surface area contributed by atoms with Crippen molar-refractivity contribution in [1.29, 1.82) is 0 Å². The van der Waals surface area contributed by atoms with Gasteiger partial charge in [0.2, 0.25) is 0 Å². The highest BCUT2D eigenvalue weighted by Crippen LogP contribution is 2.34. The summed E-state index contributed by atoms with van der Waals surface area (Å²) in [5.41, 5.74) is 1.80. The summed E-state index contributed by atoms with van der Waals surface area (Å²) in [6.07, 6.45) is 2.16. The lowest BCUT2D eigenvalue weighted by atomic mass is 10.1. The molecule has 2 rings (SSSR count). The normalized spacial score (nSPS) is 10.5. The molecule has 5 nitrogen and oxygen atoms in total. The number of furan rings is 1. The molecule has 2 aromatic rings. The summed E-state index contributed by atoms with van der Waals surface area (Å²) in [6.45, 7) is 5.61. The third kappa shape index (κ3) is 2.85. The quantitative estimate of drug-likeness (QED) is 0.877. The lowest BCUT2D eigenvalue weighted by Gasteiger charge is -2.06. The van der Waals surface area contributed by atoms with E-state index in [0.29, 0.717) is 28.3 Å². The maximum atomic E-state index is 12.3. The first-order valence-corrected chi connectivity index (χ1v) is 7.37. The SMILES string of the molecule is CCc1c(C)sc(NC(=O)c2ccoc2C)c1C(=O)OC. The average Bonchev–Trinajstić information content (AvgIpc) is 3.01. The standard InChI is InChI=1S/C15H17NO4S/c1-5-10-9(3)21-14(12(10)15(18)19-4)16-13(17)11-6-7-20-8(11)2/h6-7H,5H2,1-4H3,(H,16,17). The molecule has 0 atom stereocenters. The van der Waals surface area contributed by atoms with Crippen LogP contribution in [0.25, 0.3) is 0 Å². The largest absolute Gasteiger partial charge is 0.469 e. The van der Waals surface area contributed by atoms with Gasteiger partial charge in [-0.15, -0.1) is 11.3 Å². The van der Waals surface area contributed by atoms with Crippen LogP contribution in [0.1, 0.15) is 43.8 Å². The number of thiophene rings is 1. The molecule has 0 aliphatic carbocycles. The zero-order valence-corrected chi connectivity index (χ0v) is 13.2. The number of carbonyl (C=O) groups is 2. The van der Waals surface area contributed by atoms with Crippen LogP contribution in [0.4, 0.5) is 5.00 Å². The van der Waals surface area contributed by atoms with Crippen molar-refractivity contribution in [2.45, 2.75) is 27.2 Å². The molecule has 0 saturated heterocycles. The number of esters is 1. The summed E-state index contributed by atoms with van der Waals surface area (Å²) in [7, 11) is 1.33. The number of methoxy groups -OCH3 is 1. The molecule has 21 heavy (non-hydrogen) atoms. The fourth-order valence-electron chi connectivity index (χ4n) is 2.20. The Hall–Kier alpha value is -2.08. The second kappa shape index (κ2) is 6.13. The molecule has 2 heterocycles. The molecule has 6 heteroatoms. The smallest absolute Gasteiger partial charge is 0.341 e. The van der Waals surface area contributed by atoms with Crippen LogP contribution < -0.4 is 5.32 Å². The molecule has 2 aromatic heterocycles. The van der Waals surface area contributed by atoms with Gasteiger partial charge in [0.05, 0.1) is 24.5 Å². The predicted octanol–water partition coefficient (Wildman–Crippen LogP) is 3.56. The molecule has 0 spiro atoms. The van der Waals surface area contributed by atoms with Crippen LogP contribution in [0.15, 0.2) is 16.7 Å². The van der Waals surface area contributed by atoms with E-state index >= 15 is 0 Å². The van der Waals surface area contributed by atoms with E-state index in [0.717, 1.165) is 10.4 Å². The maximum absolute atomic E-state index is 12.3. The minimum Gasteiger partial charge on any atom is -0.469 e. The molecule has 1 N–H and O–H groups in total. The number of ether oxygens (including phenoxy) is 1. The topological polar surface area (TPSA) is 68.5 Å². The van der Waals surface area contributed by atoms with Gasteiger partial charge in [-0.05, 0) is 31.9 Å². The summed E-state index contributed by atoms with van der Waals surface area (Å²) in [4.78, 5) is 25.2. The molecule has 0 bridgehead atoms. The average molecular weight is 307 g/mol. The van der Waals surface area contributed by atoms with E-state index in [4.69, 9.17) is 9.15 Å². The van der Waals surface area contributed by atoms with E-state index < -0.39 is 5.97 Å². The number of hydrogen-bond acceptors (Lipinski definition) is 5. The van der Waals surface area contributed by atoms with E-state index in [-0.39, 0.29) is 5.91 Å². The second-order valence-electron chi connectivity index (χ2n) is 4.53. The highest BCUT2D eigenvalue weighted by molar-refractivity contribution is 7.16. The zero-order chi connectivity index (χ0) is 15.6. The number of anilines is 1. The highest BCUT2D eigenvalue weighted by atomic mass is 32.1. The van der Waals surface area contributed by atoms with Crippen LogP contribution in [0.2, 0.25) is 0 Å². The Morgan fingerprint density at radius 3 is 2.62 bits per heavy atom. The first-order valence-electron chi connectivity index (χ1n) is 6.55. The molecule has 0 fully saturated rings. The highest BCUT2D eigenvalue weighted by Gasteiger charge is 2.24. The number of rotatable bonds is 4. The van der Waals surface area contributed by atoms with Crippen LogP contribution >= 0.6 is 11.3 Å². The van der Waals surface area contributed by atoms with Gasteiger partial charge in [0.1, 0.15) is 10.8 Å². The van der Waals surface area contributed by atoms with Crippen molar-refractivity contribution in [3.05, 3.63) is 39.7 Å². The van der Waals surface area contributed by atoms with E-state index in [1.165, 1.54) is 24.7 Å². The van der Waals surface area contributed by atoms with Crippen molar-refractivity contribution in [3.63, 3.8) is 0 Å². The first kappa shape index (κ1) is 15.3. The monoisotopic (exact) mass is 307 g/mol. The fraction of sp³-hybridized carbons (Fsp3) is 0.333. The van der Waals surface area contributed by atoms with E-state index in [1.54, 1.807) is 13.0 Å². The number of nitrogens with one attached hydrogen (secondary N) is 1. The minimum absolute atomic E-state index is 0.296. The van der Waals surface area contributed by atoms with Crippen molar-refractivity contribution in [1.82, 2.24) is 0 Å². The Morgan fingerprint density at radius 2 is 2.10 bits per heavy atom. The van der Waals surface area contributed by atoms with Crippen LogP contribution in [0.5, 0.6) is 0 Å². The van der Waals surface area contributed by atoms with Gasteiger partial charge in [0, 0.05) is 4.88 Å². The van der Waals surface area contributed by atoms with Gasteiger partial charge in [0.25, 0.3) is 5.91 Å². The Kier molecular flexibility index (Phi) is 4.47. The maximum Gasteiger partial charge on any atom is 0.341 e. The molecule has 0 radical (unpaired) electrons. The summed E-state index contributed by atoms with van der Waals surface area (Å²) >= 11 is 1.38. The number of carbonyl (C=O) groups excluding carboxylic acids is 2. The molecule has 0 saturated carbocycles. The van der Waals surface area contributed by atoms with Crippen LogP contribution in [-0.4, -0.2) is 19.0 Å². The van der Waals surface area contributed by atoms with Gasteiger partial charge in [-0.2, -0.15) is 0 Å². The third-order valence-electron chi connectivity index (χ3n) is 3.28. The fourth-order valence-corrected chi connectivity index (χ4v) is 3.33. The van der Waals surface area contributed by atoms with Crippen molar-refractivity contribution in [2.24, 2.45) is 0 Å². The molecule has 112 valence electrons. The molecule has 0 aliphatic heterocycles. The van der Waals surface area contributed by atoms with E-state index in [9.17, 15) is 9.59 Å². The molecule has 0 unspecified atom stereocenters. The van der Waals surface area contributed by atoms with Crippen molar-refractivity contribution in [2.75, 3.05) is 12.4 Å². The molecule has 0 aliphatic rings. The Bertz CT molecular complexity index is 684. The molecular weight excluding hydrogens is 290 g/mol. The molecular formula is C15H17NO4S. The molecule has 0 aromatic carbocycles. The molecule has 1 amide bonds. The van der Waals surface area contributed by atoms with Gasteiger partial charge >= 0.3 is 5.97 Å². The Balaban J connectivity index is 2.38. The summed E-state index contributed by atoms with van der Waals surface area (Å²) in [6, 6.07) is 1.60. The number of hydrogen-bond donors (Lipinski definition) is 1. The van der Waals surface area contributed by atoms with Crippen molar-refractivity contribution in [3.8, 4) is 0 Å². The van der Waals surface area contributed by atoms with Crippen molar-refractivity contribution < 1.29 is 18.7 Å². The van der Waals surface area contributed by atoms with E-state index in [1.807, 2.05) is 13.8 Å². The lowest BCUT2D eigenvalue weighted by molar-refractivity contribution is 0.0601. The zero-order valence-electron chi connectivity index (χ0n) is 12.4. The minimum atomic E-state index is -0.435. The first-order chi connectivity index (χ1) is 9.99. The van der Waals surface area contributed by atoms with Crippen LogP contribution in [-0.2, 0) is 11.2 Å². The third-order valence-corrected chi connectivity index (χ3v) is 4.35. The Morgan fingerprint density at radius 1 is 1.38 bits per heavy atom. The summed E-state index contributed by atoms with van der Waals surface area (Å²) < 4.78 is 9.95. The van der Waals surface area contributed by atoms with Gasteiger partial charge in [-0.1, -0.05) is 6.92 Å². The van der Waals surface area contributed by atoms with Gasteiger partial charge in [-0.25, -0.2) is 4.79 Å². The van der Waals surface area contributed by atoms with Gasteiger partial charge in [0.15, 0.2) is 0 Å². The predicted molar refractivity (Wildman–Crippen MR) is 81.2 cm³/mol. The summed E-state index contributed by atoms with van der Waals surface area (Å²) in [5.74, 6) is -0.193. The summed E-state index contributed by atoms with van der Waals surface area (Å²) in [5, 5.41) is 3.30. The van der Waals surface area contributed by atoms with Crippen LogP contribution in [0.3, 0.4) is 0 Å². The Labute approximate surface area is 126 Å². The second-order valence-corrected chi connectivity index (χ2v) is 5.76. The number of amides is 1. The van der Waals surface area contributed by atoms with Crippen molar-refractivity contribution >= 4 is 28.2 Å². The van der Waals surface area contributed by atoms with Crippen LogP contribution in [0, 0.1) is 13.8 Å². The van der Waals surface area contributed by atoms with Gasteiger partial charge < -0.3 is 14.5 Å². The number of aryl methyl sites for hydroxylation is 2. The lowest BCUT2D eigenvalue weighted by Crippen LogP contribution is -2.14. The van der Waals surface area contributed by atoms with E-state index in [2.05, 4.69) is 5.32 Å².